The highest BCUT2D eigenvalue weighted by molar-refractivity contribution is 6.32. The van der Waals surface area contributed by atoms with Crippen molar-refractivity contribution >= 4 is 23.5 Å². The fraction of sp³-hybridized carbons (Fsp3) is 0.385. The maximum atomic E-state index is 11.9. The third kappa shape index (κ3) is 4.44. The summed E-state index contributed by atoms with van der Waals surface area (Å²) in [6.45, 7) is 1.94. The number of carboxylic acids is 1. The van der Waals surface area contributed by atoms with Gasteiger partial charge in [0.1, 0.15) is 11.8 Å². The number of rotatable bonds is 6. The number of benzene rings is 1. The zero-order valence-electron chi connectivity index (χ0n) is 10.5. The van der Waals surface area contributed by atoms with Crippen molar-refractivity contribution in [1.29, 1.82) is 0 Å². The first-order chi connectivity index (χ1) is 8.95. The number of hydrogen-bond donors (Lipinski definition) is 3. The molecule has 0 heterocycles. The summed E-state index contributed by atoms with van der Waals surface area (Å²) >= 11 is 5.69. The van der Waals surface area contributed by atoms with Crippen molar-refractivity contribution in [2.24, 2.45) is 0 Å². The van der Waals surface area contributed by atoms with E-state index in [1.807, 2.05) is 6.92 Å². The molecule has 0 fully saturated rings. The van der Waals surface area contributed by atoms with Crippen molar-refractivity contribution in [2.45, 2.75) is 32.2 Å². The average Bonchev–Trinajstić information content (AvgIpc) is 2.37. The first-order valence-electron chi connectivity index (χ1n) is 5.98. The van der Waals surface area contributed by atoms with Gasteiger partial charge in [-0.1, -0.05) is 31.4 Å². The molecule has 3 N–H and O–H groups in total. The van der Waals surface area contributed by atoms with Gasteiger partial charge in [-0.25, -0.2) is 4.79 Å². The molecule has 0 aliphatic carbocycles. The lowest BCUT2D eigenvalue weighted by Gasteiger charge is -2.14. The van der Waals surface area contributed by atoms with E-state index in [0.29, 0.717) is 12.8 Å². The van der Waals surface area contributed by atoms with Crippen molar-refractivity contribution in [3.05, 3.63) is 28.8 Å². The molecule has 104 valence electrons. The predicted octanol–water partition coefficient (Wildman–Crippen LogP) is 2.42. The number of nitrogens with one attached hydrogen (secondary N) is 1. The number of hydrogen-bond acceptors (Lipinski definition) is 3. The van der Waals surface area contributed by atoms with Gasteiger partial charge in [-0.2, -0.15) is 0 Å². The van der Waals surface area contributed by atoms with E-state index in [0.717, 1.165) is 6.42 Å². The Morgan fingerprint density at radius 1 is 1.42 bits per heavy atom. The highest BCUT2D eigenvalue weighted by atomic mass is 35.5. The van der Waals surface area contributed by atoms with E-state index in [2.05, 4.69) is 5.32 Å². The fourth-order valence-corrected chi connectivity index (χ4v) is 1.74. The molecule has 0 saturated heterocycles. The number of amides is 1. The van der Waals surface area contributed by atoms with E-state index in [1.54, 1.807) is 0 Å². The number of aromatic hydroxyl groups is 1. The maximum absolute atomic E-state index is 11.9. The molecular weight excluding hydrogens is 270 g/mol. The highest BCUT2D eigenvalue weighted by Crippen LogP contribution is 2.23. The number of aliphatic carboxylic acids is 1. The number of phenols is 1. The van der Waals surface area contributed by atoms with Gasteiger partial charge in [0.15, 0.2) is 0 Å². The first kappa shape index (κ1) is 15.3. The van der Waals surface area contributed by atoms with Crippen LogP contribution in [0.15, 0.2) is 18.2 Å². The fourth-order valence-electron chi connectivity index (χ4n) is 1.56. The van der Waals surface area contributed by atoms with Crippen LogP contribution in [-0.4, -0.2) is 28.1 Å². The van der Waals surface area contributed by atoms with E-state index in [9.17, 15) is 14.7 Å². The minimum absolute atomic E-state index is 0.0492. The lowest BCUT2D eigenvalue weighted by molar-refractivity contribution is -0.139. The van der Waals surface area contributed by atoms with Crippen LogP contribution in [0.3, 0.4) is 0 Å². The summed E-state index contributed by atoms with van der Waals surface area (Å²) in [5, 5.41) is 20.8. The van der Waals surface area contributed by atoms with Gasteiger partial charge in [0, 0.05) is 5.56 Å². The van der Waals surface area contributed by atoms with Crippen LogP contribution in [-0.2, 0) is 4.79 Å². The molecule has 0 bridgehead atoms. The lowest BCUT2D eigenvalue weighted by Crippen LogP contribution is -2.40. The summed E-state index contributed by atoms with van der Waals surface area (Å²) in [7, 11) is 0. The Morgan fingerprint density at radius 3 is 2.63 bits per heavy atom. The summed E-state index contributed by atoms with van der Waals surface area (Å²) in [6, 6.07) is 3.05. The molecule has 0 spiro atoms. The number of carbonyl (C=O) groups excluding carboxylic acids is 1. The third-order valence-corrected chi connectivity index (χ3v) is 2.96. The van der Waals surface area contributed by atoms with Gasteiger partial charge in [-0.15, -0.1) is 0 Å². The number of unbranched alkanes of at least 4 members (excludes halogenated alkanes) is 1. The normalized spacial score (nSPS) is 11.9. The van der Waals surface area contributed by atoms with Gasteiger partial charge in [0.05, 0.1) is 5.02 Å². The van der Waals surface area contributed by atoms with E-state index >= 15 is 0 Å². The SMILES string of the molecule is CCCCC(NC(=O)c1ccc(O)c(Cl)c1)C(=O)O. The molecule has 0 aromatic heterocycles. The van der Waals surface area contributed by atoms with Gasteiger partial charge < -0.3 is 15.5 Å². The van der Waals surface area contributed by atoms with Gasteiger partial charge in [0.25, 0.3) is 5.91 Å². The smallest absolute Gasteiger partial charge is 0.326 e. The summed E-state index contributed by atoms with van der Waals surface area (Å²) in [5.41, 5.74) is 0.213. The van der Waals surface area contributed by atoms with E-state index in [1.165, 1.54) is 18.2 Å². The monoisotopic (exact) mass is 285 g/mol. The Labute approximate surface area is 116 Å². The summed E-state index contributed by atoms with van der Waals surface area (Å²) in [5.74, 6) is -1.71. The molecule has 5 nitrogen and oxygen atoms in total. The molecule has 1 atom stereocenters. The highest BCUT2D eigenvalue weighted by Gasteiger charge is 2.20. The van der Waals surface area contributed by atoms with Gasteiger partial charge >= 0.3 is 5.97 Å². The number of halogens is 1. The molecule has 19 heavy (non-hydrogen) atoms. The van der Waals surface area contributed by atoms with Crippen molar-refractivity contribution in [3.8, 4) is 5.75 Å². The Bertz CT molecular complexity index is 476. The van der Waals surface area contributed by atoms with Crippen LogP contribution in [0.1, 0.15) is 36.5 Å². The molecule has 1 aromatic rings. The lowest BCUT2D eigenvalue weighted by atomic mass is 10.1. The Morgan fingerprint density at radius 2 is 2.11 bits per heavy atom. The quantitative estimate of drug-likeness (QED) is 0.749. The van der Waals surface area contributed by atoms with E-state index < -0.39 is 17.9 Å². The van der Waals surface area contributed by atoms with Crippen LogP contribution in [0.2, 0.25) is 5.02 Å². The Balaban J connectivity index is 2.75. The summed E-state index contributed by atoms with van der Waals surface area (Å²) in [6.07, 6.45) is 1.95. The standard InChI is InChI=1S/C13H16ClNO4/c1-2-3-4-10(13(18)19)15-12(17)8-5-6-11(16)9(14)7-8/h5-7,10,16H,2-4H2,1H3,(H,15,17)(H,18,19). The first-order valence-corrected chi connectivity index (χ1v) is 6.35. The summed E-state index contributed by atoms with van der Waals surface area (Å²) in [4.78, 5) is 22.9. The zero-order valence-corrected chi connectivity index (χ0v) is 11.3. The van der Waals surface area contributed by atoms with Gasteiger partial charge in [-0.3, -0.25) is 4.79 Å². The van der Waals surface area contributed by atoms with Crippen LogP contribution < -0.4 is 5.32 Å². The topological polar surface area (TPSA) is 86.6 Å². The molecule has 1 rings (SSSR count). The number of carboxylic acid groups (broad SMARTS) is 1. The maximum Gasteiger partial charge on any atom is 0.326 e. The Hall–Kier alpha value is -1.75. The molecule has 1 aromatic carbocycles. The molecule has 6 heteroatoms. The largest absolute Gasteiger partial charge is 0.506 e. The van der Waals surface area contributed by atoms with Crippen LogP contribution >= 0.6 is 11.6 Å². The van der Waals surface area contributed by atoms with Gasteiger partial charge in [0.2, 0.25) is 0 Å². The van der Waals surface area contributed by atoms with Crippen LogP contribution in [0, 0.1) is 0 Å². The molecule has 0 aliphatic rings. The molecule has 0 saturated carbocycles. The molecule has 0 aliphatic heterocycles. The molecule has 1 amide bonds. The van der Waals surface area contributed by atoms with Crippen molar-refractivity contribution in [1.82, 2.24) is 5.32 Å². The second kappa shape index (κ2) is 6.99. The van der Waals surface area contributed by atoms with E-state index in [-0.39, 0.29) is 16.3 Å². The van der Waals surface area contributed by atoms with Crippen LogP contribution in [0.25, 0.3) is 0 Å². The average molecular weight is 286 g/mol. The van der Waals surface area contributed by atoms with Crippen molar-refractivity contribution < 1.29 is 19.8 Å². The number of carbonyl (C=O) groups is 2. The number of phenolic OH excluding ortho intramolecular Hbond substituents is 1. The minimum atomic E-state index is -1.06. The predicted molar refractivity (Wildman–Crippen MR) is 71.5 cm³/mol. The van der Waals surface area contributed by atoms with Gasteiger partial charge in [-0.05, 0) is 24.6 Å². The third-order valence-electron chi connectivity index (χ3n) is 2.66. The zero-order chi connectivity index (χ0) is 14.4. The van der Waals surface area contributed by atoms with Crippen LogP contribution in [0.4, 0.5) is 0 Å². The minimum Gasteiger partial charge on any atom is -0.506 e. The second-order valence-electron chi connectivity index (χ2n) is 4.17. The molecule has 0 radical (unpaired) electrons. The Kier molecular flexibility index (Phi) is 5.63. The van der Waals surface area contributed by atoms with E-state index in [4.69, 9.17) is 16.7 Å². The van der Waals surface area contributed by atoms with Crippen molar-refractivity contribution in [3.63, 3.8) is 0 Å². The second-order valence-corrected chi connectivity index (χ2v) is 4.58. The van der Waals surface area contributed by atoms with Crippen molar-refractivity contribution in [2.75, 3.05) is 0 Å². The molecular formula is C13H16ClNO4. The summed E-state index contributed by atoms with van der Waals surface area (Å²) < 4.78 is 0. The molecule has 1 unspecified atom stereocenters. The van der Waals surface area contributed by atoms with Crippen LogP contribution in [0.5, 0.6) is 5.75 Å².